The highest BCUT2D eigenvalue weighted by Gasteiger charge is 2.45. The van der Waals surface area contributed by atoms with E-state index in [1.54, 1.807) is 6.20 Å². The second-order valence-corrected chi connectivity index (χ2v) is 4.89. The maximum Gasteiger partial charge on any atom is 0.276 e. The highest BCUT2D eigenvalue weighted by Crippen LogP contribution is 2.37. The Hall–Kier alpha value is -1.94. The van der Waals surface area contributed by atoms with E-state index in [1.807, 2.05) is 0 Å². The number of hydrogen-bond acceptors (Lipinski definition) is 7. The number of nitrogen functional groups attached to an aromatic ring is 1. The second-order valence-electron chi connectivity index (χ2n) is 4.89. The molecule has 1 saturated heterocycles. The number of nitrogens with two attached hydrogens (primary N) is 1. The van der Waals surface area contributed by atoms with Gasteiger partial charge in [-0.15, -0.1) is 0 Å². The van der Waals surface area contributed by atoms with Crippen molar-refractivity contribution in [3.63, 3.8) is 0 Å². The van der Waals surface area contributed by atoms with Crippen molar-refractivity contribution in [1.82, 2.24) is 15.0 Å². The van der Waals surface area contributed by atoms with E-state index >= 15 is 0 Å². The van der Waals surface area contributed by atoms with Crippen LogP contribution in [0.1, 0.15) is 11.7 Å². The lowest BCUT2D eigenvalue weighted by molar-refractivity contribution is -0.0229. The van der Waals surface area contributed by atoms with Gasteiger partial charge in [0.15, 0.2) is 0 Å². The van der Waals surface area contributed by atoms with Gasteiger partial charge in [-0.05, 0) is 0 Å². The van der Waals surface area contributed by atoms with Crippen LogP contribution in [0, 0.1) is 0 Å². The van der Waals surface area contributed by atoms with Crippen LogP contribution < -0.4 is 11.3 Å². The van der Waals surface area contributed by atoms with Gasteiger partial charge in [-0.25, -0.2) is 4.98 Å². The largest absolute Gasteiger partial charge is 0.394 e. The number of nitrogens with zero attached hydrogens (tertiary/aromatic N) is 1. The van der Waals surface area contributed by atoms with Gasteiger partial charge in [0.05, 0.1) is 6.61 Å². The van der Waals surface area contributed by atoms with Crippen molar-refractivity contribution in [2.24, 2.45) is 0 Å². The topological polar surface area (TPSA) is 146 Å². The summed E-state index contributed by atoms with van der Waals surface area (Å²) in [5.41, 5.74) is 6.33. The molecule has 0 aromatic carbocycles. The van der Waals surface area contributed by atoms with Crippen LogP contribution >= 0.6 is 0 Å². The van der Waals surface area contributed by atoms with Gasteiger partial charge in [-0.3, -0.25) is 9.78 Å². The smallest absolute Gasteiger partial charge is 0.276 e. The number of methoxy groups -OCH3 is 1. The lowest BCUT2D eigenvalue weighted by atomic mass is 10.0. The highest BCUT2D eigenvalue weighted by molar-refractivity contribution is 5.79. The fourth-order valence-electron chi connectivity index (χ4n) is 2.67. The molecule has 4 atom stereocenters. The molecule has 3 rings (SSSR count). The Morgan fingerprint density at radius 2 is 2.33 bits per heavy atom. The van der Waals surface area contributed by atoms with Crippen LogP contribution in [0.3, 0.4) is 0 Å². The number of aromatic nitrogens is 3. The molecule has 1 fully saturated rings. The number of nitrogens with one attached hydrogen (secondary N) is 2. The van der Waals surface area contributed by atoms with Crippen molar-refractivity contribution in [3.05, 3.63) is 22.1 Å². The van der Waals surface area contributed by atoms with E-state index in [2.05, 4.69) is 15.0 Å². The number of aliphatic hydroxyl groups excluding tert-OH is 2. The molecule has 114 valence electrons. The van der Waals surface area contributed by atoms with E-state index in [9.17, 15) is 15.0 Å². The lowest BCUT2D eigenvalue weighted by Gasteiger charge is -2.17. The Labute approximate surface area is 118 Å². The molecule has 21 heavy (non-hydrogen) atoms. The normalized spacial score (nSPS) is 29.3. The van der Waals surface area contributed by atoms with Gasteiger partial charge < -0.3 is 30.4 Å². The van der Waals surface area contributed by atoms with Crippen molar-refractivity contribution in [2.75, 3.05) is 19.5 Å². The highest BCUT2D eigenvalue weighted by atomic mass is 16.6. The van der Waals surface area contributed by atoms with Crippen molar-refractivity contribution in [2.45, 2.75) is 24.4 Å². The minimum absolute atomic E-state index is 0.0143. The Kier molecular flexibility index (Phi) is 3.41. The third kappa shape index (κ3) is 2.10. The summed E-state index contributed by atoms with van der Waals surface area (Å²) < 4.78 is 10.9. The average molecular weight is 296 g/mol. The Bertz CT molecular complexity index is 711. The molecule has 0 radical (unpaired) electrons. The van der Waals surface area contributed by atoms with E-state index < -0.39 is 30.0 Å². The first-order valence-electron chi connectivity index (χ1n) is 6.40. The molecular weight excluding hydrogens is 280 g/mol. The van der Waals surface area contributed by atoms with Crippen molar-refractivity contribution >= 4 is 17.0 Å². The Morgan fingerprint density at radius 1 is 1.57 bits per heavy atom. The number of aliphatic hydroxyl groups is 2. The summed E-state index contributed by atoms with van der Waals surface area (Å²) >= 11 is 0. The molecule has 1 aliphatic heterocycles. The second kappa shape index (κ2) is 5.11. The number of H-pyrrole nitrogens is 2. The van der Waals surface area contributed by atoms with E-state index in [4.69, 9.17) is 15.2 Å². The summed E-state index contributed by atoms with van der Waals surface area (Å²) in [6.45, 7) is -0.337. The van der Waals surface area contributed by atoms with Gasteiger partial charge in [0, 0.05) is 18.9 Å². The summed E-state index contributed by atoms with van der Waals surface area (Å²) in [5, 5.41) is 19.3. The fraction of sp³-hybridized carbons (Fsp3) is 0.500. The first-order chi connectivity index (χ1) is 10.1. The number of rotatable bonds is 3. The third-order valence-electron chi connectivity index (χ3n) is 3.68. The van der Waals surface area contributed by atoms with E-state index in [1.165, 1.54) is 7.11 Å². The molecule has 3 heterocycles. The van der Waals surface area contributed by atoms with Gasteiger partial charge in [0.2, 0.25) is 5.95 Å². The molecule has 1 aliphatic rings. The summed E-state index contributed by atoms with van der Waals surface area (Å²) in [6.07, 6.45) is -1.51. The van der Waals surface area contributed by atoms with Crippen LogP contribution in [0.15, 0.2) is 11.0 Å². The van der Waals surface area contributed by atoms with Crippen LogP contribution in [0.4, 0.5) is 5.95 Å². The summed E-state index contributed by atoms with van der Waals surface area (Å²) in [5.74, 6) is -0.0143. The molecule has 0 bridgehead atoms. The molecule has 0 saturated carbocycles. The zero-order valence-corrected chi connectivity index (χ0v) is 11.2. The average Bonchev–Trinajstić information content (AvgIpc) is 2.99. The van der Waals surface area contributed by atoms with Crippen LogP contribution in [0.5, 0.6) is 0 Å². The van der Waals surface area contributed by atoms with E-state index in [0.717, 1.165) is 0 Å². The van der Waals surface area contributed by atoms with Crippen LogP contribution in [-0.2, 0) is 9.47 Å². The van der Waals surface area contributed by atoms with E-state index in [-0.39, 0.29) is 18.1 Å². The molecule has 9 heteroatoms. The van der Waals surface area contributed by atoms with Crippen LogP contribution in [0.2, 0.25) is 0 Å². The number of aromatic amines is 2. The van der Waals surface area contributed by atoms with Crippen molar-refractivity contribution < 1.29 is 19.7 Å². The first-order valence-corrected chi connectivity index (χ1v) is 6.40. The molecule has 2 aromatic rings. The standard InChI is InChI=1S/C12H16N4O5/c1-20-10-8(18)5(3-17)21-9(10)4-2-14-7-6(4)15-12(13)16-11(7)19/h2,5,8-10,14,17-18H,3H2,1H3,(H3,13,15,16,19)/t5-,8-,9+,10-/m1/s1. The van der Waals surface area contributed by atoms with Crippen LogP contribution in [0.25, 0.3) is 11.0 Å². The molecule has 2 aromatic heterocycles. The maximum atomic E-state index is 11.8. The van der Waals surface area contributed by atoms with Gasteiger partial charge >= 0.3 is 0 Å². The molecule has 0 amide bonds. The Morgan fingerprint density at radius 3 is 3.00 bits per heavy atom. The lowest BCUT2D eigenvalue weighted by Crippen LogP contribution is -2.33. The van der Waals surface area contributed by atoms with Crippen LogP contribution in [-0.4, -0.2) is 57.2 Å². The number of hydrogen-bond donors (Lipinski definition) is 5. The molecule has 6 N–H and O–H groups in total. The van der Waals surface area contributed by atoms with Gasteiger partial charge in [-0.1, -0.05) is 0 Å². The molecule has 0 aliphatic carbocycles. The predicted octanol–water partition coefficient (Wildman–Crippen LogP) is -1.36. The summed E-state index contributed by atoms with van der Waals surface area (Å²) in [6, 6.07) is 0. The van der Waals surface area contributed by atoms with E-state index in [0.29, 0.717) is 11.1 Å². The number of fused-ring (bicyclic) bond motifs is 1. The molecule has 0 unspecified atom stereocenters. The van der Waals surface area contributed by atoms with Crippen molar-refractivity contribution in [3.8, 4) is 0 Å². The SMILES string of the molecule is CO[C@@H]1[C@H](O)[C@@H](CO)O[C@H]1c1c[nH]c2c(=O)[nH]c(N)nc12. The molecule has 9 nitrogen and oxygen atoms in total. The predicted molar refractivity (Wildman–Crippen MR) is 72.6 cm³/mol. The summed E-state index contributed by atoms with van der Waals surface area (Å²) in [7, 11) is 1.44. The van der Waals surface area contributed by atoms with Gasteiger partial charge in [0.25, 0.3) is 5.56 Å². The molecule has 0 spiro atoms. The van der Waals surface area contributed by atoms with Crippen molar-refractivity contribution in [1.29, 1.82) is 0 Å². The minimum atomic E-state index is -0.978. The first kappa shape index (κ1) is 14.0. The Balaban J connectivity index is 2.10. The fourth-order valence-corrected chi connectivity index (χ4v) is 2.67. The summed E-state index contributed by atoms with van der Waals surface area (Å²) in [4.78, 5) is 21.1. The monoisotopic (exact) mass is 296 g/mol. The quantitative estimate of drug-likeness (QED) is 0.470. The minimum Gasteiger partial charge on any atom is -0.394 e. The molecular formula is C12H16N4O5. The zero-order chi connectivity index (χ0) is 15.1. The number of anilines is 1. The van der Waals surface area contributed by atoms with Gasteiger partial charge in [0.1, 0.15) is 35.4 Å². The maximum absolute atomic E-state index is 11.8. The zero-order valence-electron chi connectivity index (χ0n) is 11.2. The van der Waals surface area contributed by atoms with Gasteiger partial charge in [-0.2, -0.15) is 0 Å². The number of ether oxygens (including phenoxy) is 2. The third-order valence-corrected chi connectivity index (χ3v) is 3.68.